The first kappa shape index (κ1) is 33.7. The molecule has 0 fully saturated rings. The standard InChI is InChI=1S/C36H40ClN3O4S/c1-26-14-20-32(21-15-26)45(43,44)40(31-13-9-10-27(2)22-31)25-34(41)39(24-29-16-18-30(37)19-17-29)33(35(42)38-36(3,4)5)23-28-11-7-6-8-12-28/h6-22,33H,23-25H2,1-5H3,(H,38,42)/t33-/m0/s1. The number of anilines is 1. The van der Waals surface area contributed by atoms with E-state index in [0.717, 1.165) is 26.6 Å². The Balaban J connectivity index is 1.81. The molecule has 0 unspecified atom stereocenters. The van der Waals surface area contributed by atoms with E-state index in [9.17, 15) is 18.0 Å². The Morgan fingerprint density at radius 1 is 0.800 bits per heavy atom. The van der Waals surface area contributed by atoms with Crippen LogP contribution >= 0.6 is 11.6 Å². The molecule has 0 saturated heterocycles. The first-order valence-electron chi connectivity index (χ1n) is 14.8. The lowest BCUT2D eigenvalue weighted by Crippen LogP contribution is -2.56. The Bertz CT molecular complexity index is 1720. The molecule has 0 aliphatic heterocycles. The summed E-state index contributed by atoms with van der Waals surface area (Å²) in [6.45, 7) is 8.93. The summed E-state index contributed by atoms with van der Waals surface area (Å²) in [5.74, 6) is -0.857. The van der Waals surface area contributed by atoms with Crippen LogP contribution in [0.25, 0.3) is 0 Å². The topological polar surface area (TPSA) is 86.8 Å². The number of amides is 2. The van der Waals surface area contributed by atoms with E-state index in [1.54, 1.807) is 66.7 Å². The molecule has 2 amide bonds. The van der Waals surface area contributed by atoms with Crippen molar-refractivity contribution in [1.29, 1.82) is 0 Å². The minimum atomic E-state index is -4.16. The van der Waals surface area contributed by atoms with Crippen LogP contribution in [0.1, 0.15) is 43.0 Å². The summed E-state index contributed by atoms with van der Waals surface area (Å²) in [7, 11) is -4.16. The monoisotopic (exact) mass is 645 g/mol. The molecule has 0 aromatic heterocycles. The van der Waals surface area contributed by atoms with Crippen molar-refractivity contribution in [1.82, 2.24) is 10.2 Å². The van der Waals surface area contributed by atoms with Gasteiger partial charge in [-0.05, 0) is 87.7 Å². The Kier molecular flexibility index (Phi) is 10.7. The van der Waals surface area contributed by atoms with Gasteiger partial charge in [0.05, 0.1) is 10.6 Å². The number of carbonyl (C=O) groups excluding carboxylic acids is 2. The van der Waals surface area contributed by atoms with Gasteiger partial charge < -0.3 is 10.2 Å². The second-order valence-electron chi connectivity index (χ2n) is 12.3. The molecule has 7 nitrogen and oxygen atoms in total. The summed E-state index contributed by atoms with van der Waals surface area (Å²) in [5, 5.41) is 3.58. The molecule has 236 valence electrons. The van der Waals surface area contributed by atoms with E-state index in [1.807, 2.05) is 71.0 Å². The van der Waals surface area contributed by atoms with Crippen LogP contribution in [0.3, 0.4) is 0 Å². The third-order valence-electron chi connectivity index (χ3n) is 7.21. The Morgan fingerprint density at radius 2 is 1.44 bits per heavy atom. The maximum Gasteiger partial charge on any atom is 0.264 e. The number of aryl methyl sites for hydroxylation is 2. The van der Waals surface area contributed by atoms with E-state index in [4.69, 9.17) is 11.6 Å². The molecule has 4 aromatic rings. The molecule has 0 radical (unpaired) electrons. The predicted octanol–water partition coefficient (Wildman–Crippen LogP) is 6.71. The zero-order chi connectivity index (χ0) is 32.8. The molecular weight excluding hydrogens is 606 g/mol. The summed E-state index contributed by atoms with van der Waals surface area (Å²) in [6, 6.07) is 29.1. The number of halogens is 1. The number of hydrogen-bond donors (Lipinski definition) is 1. The zero-order valence-electron chi connectivity index (χ0n) is 26.3. The van der Waals surface area contributed by atoms with Gasteiger partial charge in [0.25, 0.3) is 10.0 Å². The van der Waals surface area contributed by atoms with Gasteiger partial charge in [-0.15, -0.1) is 0 Å². The Hall–Kier alpha value is -4.14. The van der Waals surface area contributed by atoms with Gasteiger partial charge in [0.1, 0.15) is 12.6 Å². The summed E-state index contributed by atoms with van der Waals surface area (Å²) < 4.78 is 29.4. The van der Waals surface area contributed by atoms with Gasteiger partial charge in [-0.25, -0.2) is 8.42 Å². The molecule has 0 aliphatic carbocycles. The van der Waals surface area contributed by atoms with Crippen molar-refractivity contribution >= 4 is 39.1 Å². The number of hydrogen-bond acceptors (Lipinski definition) is 4. The second kappa shape index (κ2) is 14.3. The van der Waals surface area contributed by atoms with Crippen LogP contribution in [-0.2, 0) is 32.6 Å². The van der Waals surface area contributed by atoms with Gasteiger partial charge in [-0.1, -0.05) is 83.9 Å². The first-order valence-corrected chi connectivity index (χ1v) is 16.6. The van der Waals surface area contributed by atoms with Crippen molar-refractivity contribution in [2.24, 2.45) is 0 Å². The van der Waals surface area contributed by atoms with Crippen LogP contribution in [-0.4, -0.2) is 43.3 Å². The van der Waals surface area contributed by atoms with Gasteiger partial charge in [-0.3, -0.25) is 13.9 Å². The third kappa shape index (κ3) is 9.19. The van der Waals surface area contributed by atoms with Crippen molar-refractivity contribution in [3.05, 3.63) is 130 Å². The van der Waals surface area contributed by atoms with Crippen molar-refractivity contribution in [2.75, 3.05) is 10.8 Å². The van der Waals surface area contributed by atoms with Crippen LogP contribution in [0.15, 0.2) is 108 Å². The average Bonchev–Trinajstić information content (AvgIpc) is 2.98. The molecule has 4 rings (SSSR count). The maximum absolute atomic E-state index is 14.5. The number of benzene rings is 4. The highest BCUT2D eigenvalue weighted by molar-refractivity contribution is 7.92. The SMILES string of the molecule is Cc1ccc(S(=O)(=O)N(CC(=O)N(Cc2ccc(Cl)cc2)[C@@H](Cc2ccccc2)C(=O)NC(C)(C)C)c2cccc(C)c2)cc1. The van der Waals surface area contributed by atoms with E-state index >= 15 is 0 Å². The summed E-state index contributed by atoms with van der Waals surface area (Å²) in [6.07, 6.45) is 0.233. The van der Waals surface area contributed by atoms with E-state index in [1.165, 1.54) is 4.90 Å². The maximum atomic E-state index is 14.5. The van der Waals surface area contributed by atoms with Gasteiger partial charge >= 0.3 is 0 Å². The zero-order valence-corrected chi connectivity index (χ0v) is 27.9. The lowest BCUT2D eigenvalue weighted by Gasteiger charge is -2.35. The highest BCUT2D eigenvalue weighted by Crippen LogP contribution is 2.26. The number of rotatable bonds is 11. The summed E-state index contributed by atoms with van der Waals surface area (Å²) in [4.78, 5) is 30.0. The average molecular weight is 646 g/mol. The van der Waals surface area contributed by atoms with E-state index in [-0.39, 0.29) is 23.8 Å². The van der Waals surface area contributed by atoms with Crippen molar-refractivity contribution in [2.45, 2.75) is 64.1 Å². The molecule has 0 heterocycles. The van der Waals surface area contributed by atoms with Gasteiger partial charge in [-0.2, -0.15) is 0 Å². The van der Waals surface area contributed by atoms with Crippen LogP contribution in [0.4, 0.5) is 5.69 Å². The molecular formula is C36H40ClN3O4S. The summed E-state index contributed by atoms with van der Waals surface area (Å²) >= 11 is 6.15. The van der Waals surface area contributed by atoms with E-state index in [0.29, 0.717) is 10.7 Å². The highest BCUT2D eigenvalue weighted by atomic mass is 35.5. The normalized spacial score (nSPS) is 12.3. The Morgan fingerprint density at radius 3 is 2.04 bits per heavy atom. The van der Waals surface area contributed by atoms with Gasteiger partial charge in [0.2, 0.25) is 11.8 Å². The molecule has 1 N–H and O–H groups in total. The minimum Gasteiger partial charge on any atom is -0.350 e. The molecule has 4 aromatic carbocycles. The lowest BCUT2D eigenvalue weighted by atomic mass is 10.0. The first-order chi connectivity index (χ1) is 21.2. The number of sulfonamides is 1. The van der Waals surface area contributed by atoms with Crippen LogP contribution in [0.2, 0.25) is 5.02 Å². The van der Waals surface area contributed by atoms with Gasteiger partial charge in [0, 0.05) is 23.5 Å². The molecule has 0 aliphatic rings. The molecule has 0 saturated carbocycles. The number of carbonyl (C=O) groups is 2. The van der Waals surface area contributed by atoms with Gasteiger partial charge in [0.15, 0.2) is 0 Å². The Labute approximate surface area is 271 Å². The smallest absolute Gasteiger partial charge is 0.264 e. The fourth-order valence-electron chi connectivity index (χ4n) is 4.94. The van der Waals surface area contributed by atoms with Crippen LogP contribution in [0.5, 0.6) is 0 Å². The molecule has 9 heteroatoms. The minimum absolute atomic E-state index is 0.0668. The van der Waals surface area contributed by atoms with E-state index in [2.05, 4.69) is 5.32 Å². The fourth-order valence-corrected chi connectivity index (χ4v) is 6.47. The quantitative estimate of drug-likeness (QED) is 0.197. The predicted molar refractivity (Wildman–Crippen MR) is 181 cm³/mol. The third-order valence-corrected chi connectivity index (χ3v) is 9.25. The second-order valence-corrected chi connectivity index (χ2v) is 14.6. The van der Waals surface area contributed by atoms with Crippen molar-refractivity contribution < 1.29 is 18.0 Å². The van der Waals surface area contributed by atoms with E-state index < -0.39 is 34.1 Å². The molecule has 1 atom stereocenters. The lowest BCUT2D eigenvalue weighted by molar-refractivity contribution is -0.140. The number of nitrogens with zero attached hydrogens (tertiary/aromatic N) is 2. The molecule has 45 heavy (non-hydrogen) atoms. The fraction of sp³-hybridized carbons (Fsp3) is 0.278. The number of nitrogens with one attached hydrogen (secondary N) is 1. The summed E-state index contributed by atoms with van der Waals surface area (Å²) in [5.41, 5.74) is 3.15. The van der Waals surface area contributed by atoms with Crippen molar-refractivity contribution in [3.63, 3.8) is 0 Å². The van der Waals surface area contributed by atoms with Crippen molar-refractivity contribution in [3.8, 4) is 0 Å². The van der Waals surface area contributed by atoms with Crippen LogP contribution < -0.4 is 9.62 Å². The molecule has 0 spiro atoms. The van der Waals surface area contributed by atoms with Crippen LogP contribution in [0, 0.1) is 13.8 Å². The molecule has 0 bridgehead atoms. The highest BCUT2D eigenvalue weighted by Gasteiger charge is 2.35. The largest absolute Gasteiger partial charge is 0.350 e.